The summed E-state index contributed by atoms with van der Waals surface area (Å²) in [5, 5.41) is 11.2. The van der Waals surface area contributed by atoms with Gasteiger partial charge < -0.3 is 15.4 Å². The molecule has 1 fully saturated rings. The molecule has 8 heteroatoms. The number of halogens is 1. The van der Waals surface area contributed by atoms with Crippen molar-refractivity contribution in [2.24, 2.45) is 11.7 Å². The summed E-state index contributed by atoms with van der Waals surface area (Å²) < 4.78 is 5.47. The van der Waals surface area contributed by atoms with Crippen molar-refractivity contribution in [2.45, 2.75) is 6.42 Å². The van der Waals surface area contributed by atoms with Gasteiger partial charge in [0.1, 0.15) is 11.4 Å². The normalized spacial score (nSPS) is 18.4. The molecule has 1 heterocycles. The van der Waals surface area contributed by atoms with Crippen LogP contribution in [-0.2, 0) is 4.79 Å². The minimum atomic E-state index is -0.522. The van der Waals surface area contributed by atoms with Crippen molar-refractivity contribution < 1.29 is 14.5 Å². The van der Waals surface area contributed by atoms with E-state index in [0.29, 0.717) is 29.7 Å². The molecule has 1 aliphatic heterocycles. The van der Waals surface area contributed by atoms with Crippen LogP contribution in [0.4, 0.5) is 11.4 Å². The summed E-state index contributed by atoms with van der Waals surface area (Å²) in [7, 11) is 1.43. The van der Waals surface area contributed by atoms with E-state index in [9.17, 15) is 14.9 Å². The smallest absolute Gasteiger partial charge is 0.297 e. The van der Waals surface area contributed by atoms with E-state index >= 15 is 0 Å². The topological polar surface area (TPSA) is 98.7 Å². The number of nitrogens with two attached hydrogens (primary N) is 1. The predicted molar refractivity (Wildman–Crippen MR) is 76.9 cm³/mol. The van der Waals surface area contributed by atoms with Gasteiger partial charge in [0.2, 0.25) is 5.91 Å². The van der Waals surface area contributed by atoms with Crippen molar-refractivity contribution in [3.05, 3.63) is 26.7 Å². The van der Waals surface area contributed by atoms with Gasteiger partial charge in [-0.25, -0.2) is 0 Å². The lowest BCUT2D eigenvalue weighted by molar-refractivity contribution is -0.384. The zero-order valence-electron chi connectivity index (χ0n) is 10.8. The highest BCUT2D eigenvalue weighted by Gasteiger charge is 2.35. The number of nitrogens with zero attached hydrogens (tertiary/aromatic N) is 2. The monoisotopic (exact) mass is 343 g/mol. The molecular weight excluding hydrogens is 330 g/mol. The van der Waals surface area contributed by atoms with Gasteiger partial charge in [0.25, 0.3) is 5.69 Å². The standard InChI is InChI=1S/C12H14BrN3O4/c1-20-8-3-9(13)12(10(4-8)16(18)19)15-6-7(5-14)2-11(15)17/h3-4,7H,2,5-6,14H2,1H3. The average Bonchev–Trinajstić information content (AvgIpc) is 2.78. The number of hydrogen-bond acceptors (Lipinski definition) is 5. The highest BCUT2D eigenvalue weighted by molar-refractivity contribution is 9.10. The molecule has 1 saturated heterocycles. The number of amides is 1. The molecule has 0 saturated carbocycles. The van der Waals surface area contributed by atoms with Crippen molar-refractivity contribution in [3.8, 4) is 5.75 Å². The third-order valence-electron chi connectivity index (χ3n) is 3.26. The van der Waals surface area contributed by atoms with Crippen LogP contribution < -0.4 is 15.4 Å². The fourth-order valence-corrected chi connectivity index (χ4v) is 2.88. The van der Waals surface area contributed by atoms with Gasteiger partial charge in [0, 0.05) is 13.0 Å². The third kappa shape index (κ3) is 2.61. The Hall–Kier alpha value is -1.67. The number of anilines is 1. The van der Waals surface area contributed by atoms with Crippen LogP contribution in [0.3, 0.4) is 0 Å². The number of carbonyl (C=O) groups excluding carboxylic acids is 1. The maximum absolute atomic E-state index is 12.0. The van der Waals surface area contributed by atoms with E-state index in [1.807, 2.05) is 0 Å². The maximum atomic E-state index is 12.0. The first-order chi connectivity index (χ1) is 9.47. The molecule has 108 valence electrons. The molecule has 1 aromatic carbocycles. The molecular formula is C12H14BrN3O4. The molecule has 0 aliphatic carbocycles. The number of nitro benzene ring substituents is 1. The fraction of sp³-hybridized carbons (Fsp3) is 0.417. The molecule has 2 N–H and O–H groups in total. The summed E-state index contributed by atoms with van der Waals surface area (Å²) >= 11 is 3.28. The van der Waals surface area contributed by atoms with E-state index in [-0.39, 0.29) is 23.2 Å². The van der Waals surface area contributed by atoms with Gasteiger partial charge in [-0.05, 0) is 34.5 Å². The Balaban J connectivity index is 2.50. The van der Waals surface area contributed by atoms with E-state index in [4.69, 9.17) is 10.5 Å². The molecule has 20 heavy (non-hydrogen) atoms. The Kier molecular flexibility index (Phi) is 4.24. The van der Waals surface area contributed by atoms with Crippen molar-refractivity contribution in [2.75, 3.05) is 25.1 Å². The van der Waals surface area contributed by atoms with E-state index < -0.39 is 4.92 Å². The first-order valence-corrected chi connectivity index (χ1v) is 6.79. The second-order valence-corrected chi connectivity index (χ2v) is 5.40. The van der Waals surface area contributed by atoms with Crippen LogP contribution in [-0.4, -0.2) is 31.0 Å². The van der Waals surface area contributed by atoms with Gasteiger partial charge in [-0.15, -0.1) is 0 Å². The third-order valence-corrected chi connectivity index (χ3v) is 3.86. The van der Waals surface area contributed by atoms with E-state index in [1.54, 1.807) is 6.07 Å². The Labute approximate surface area is 124 Å². The van der Waals surface area contributed by atoms with Gasteiger partial charge in [0.05, 0.1) is 22.6 Å². The van der Waals surface area contributed by atoms with Gasteiger partial charge in [-0.2, -0.15) is 0 Å². The van der Waals surface area contributed by atoms with Gasteiger partial charge >= 0.3 is 0 Å². The molecule has 0 spiro atoms. The molecule has 2 rings (SSSR count). The lowest BCUT2D eigenvalue weighted by Crippen LogP contribution is -2.27. The summed E-state index contributed by atoms with van der Waals surface area (Å²) in [5.41, 5.74) is 5.67. The molecule has 0 bridgehead atoms. The quantitative estimate of drug-likeness (QED) is 0.662. The predicted octanol–water partition coefficient (Wildman–Crippen LogP) is 1.68. The Morgan fingerprint density at radius 2 is 2.30 bits per heavy atom. The summed E-state index contributed by atoms with van der Waals surface area (Å²) in [6, 6.07) is 2.91. The van der Waals surface area contributed by atoms with Gasteiger partial charge in [-0.3, -0.25) is 14.9 Å². The number of rotatable bonds is 4. The first-order valence-electron chi connectivity index (χ1n) is 6.00. The summed E-state index contributed by atoms with van der Waals surface area (Å²) in [6.07, 6.45) is 0.312. The number of ether oxygens (including phenoxy) is 1. The minimum absolute atomic E-state index is 0.0242. The average molecular weight is 344 g/mol. The lowest BCUT2D eigenvalue weighted by Gasteiger charge is -2.18. The van der Waals surface area contributed by atoms with Crippen LogP contribution >= 0.6 is 15.9 Å². The Morgan fingerprint density at radius 3 is 2.80 bits per heavy atom. The van der Waals surface area contributed by atoms with Gasteiger partial charge in [-0.1, -0.05) is 0 Å². The number of benzene rings is 1. The second kappa shape index (κ2) is 5.76. The molecule has 1 aliphatic rings. The second-order valence-electron chi connectivity index (χ2n) is 4.54. The zero-order chi connectivity index (χ0) is 14.9. The lowest BCUT2D eigenvalue weighted by atomic mass is 10.1. The maximum Gasteiger partial charge on any atom is 0.297 e. The Bertz CT molecular complexity index is 564. The van der Waals surface area contributed by atoms with Crippen LogP contribution in [0.5, 0.6) is 5.75 Å². The van der Waals surface area contributed by atoms with Crippen LogP contribution in [0.1, 0.15) is 6.42 Å². The van der Waals surface area contributed by atoms with E-state index in [0.717, 1.165) is 0 Å². The largest absolute Gasteiger partial charge is 0.496 e. The number of methoxy groups -OCH3 is 1. The molecule has 0 radical (unpaired) electrons. The van der Waals surface area contributed by atoms with Crippen LogP contribution in [0.15, 0.2) is 16.6 Å². The Morgan fingerprint density at radius 1 is 1.60 bits per heavy atom. The van der Waals surface area contributed by atoms with Crippen molar-refractivity contribution in [1.29, 1.82) is 0 Å². The molecule has 1 atom stereocenters. The molecule has 7 nitrogen and oxygen atoms in total. The highest BCUT2D eigenvalue weighted by atomic mass is 79.9. The van der Waals surface area contributed by atoms with E-state index in [2.05, 4.69) is 15.9 Å². The molecule has 0 aromatic heterocycles. The SMILES string of the molecule is COc1cc(Br)c(N2CC(CN)CC2=O)c([N+](=O)[O-])c1. The highest BCUT2D eigenvalue weighted by Crippen LogP contribution is 2.41. The van der Waals surface area contributed by atoms with Gasteiger partial charge in [0.15, 0.2) is 0 Å². The number of hydrogen-bond donors (Lipinski definition) is 1. The molecule has 1 amide bonds. The fourth-order valence-electron chi connectivity index (χ4n) is 2.24. The molecule has 1 unspecified atom stereocenters. The summed E-state index contributed by atoms with van der Waals surface area (Å²) in [4.78, 5) is 24.1. The van der Waals surface area contributed by atoms with Crippen molar-refractivity contribution in [3.63, 3.8) is 0 Å². The molecule has 1 aromatic rings. The van der Waals surface area contributed by atoms with Crippen LogP contribution in [0.2, 0.25) is 0 Å². The minimum Gasteiger partial charge on any atom is -0.496 e. The zero-order valence-corrected chi connectivity index (χ0v) is 12.4. The van der Waals surface area contributed by atoms with E-state index in [1.165, 1.54) is 18.1 Å². The number of nitro groups is 1. The summed E-state index contributed by atoms with van der Waals surface area (Å²) in [6.45, 7) is 0.769. The van der Waals surface area contributed by atoms with Crippen molar-refractivity contribution in [1.82, 2.24) is 0 Å². The van der Waals surface area contributed by atoms with Crippen LogP contribution in [0, 0.1) is 16.0 Å². The van der Waals surface area contributed by atoms with Crippen LogP contribution in [0.25, 0.3) is 0 Å². The number of carbonyl (C=O) groups is 1. The van der Waals surface area contributed by atoms with Crippen molar-refractivity contribution >= 4 is 33.2 Å². The first kappa shape index (κ1) is 14.7. The summed E-state index contributed by atoms with van der Waals surface area (Å²) in [5.74, 6) is 0.222.